The number of nitrogens with zero attached hydrogens (tertiary/aromatic N) is 1. The number of ether oxygens (including phenoxy) is 1. The number of amides is 4. The van der Waals surface area contributed by atoms with Crippen molar-refractivity contribution in [1.82, 2.24) is 15.5 Å². The van der Waals surface area contributed by atoms with Crippen molar-refractivity contribution in [2.45, 2.75) is 78.0 Å². The van der Waals surface area contributed by atoms with Crippen molar-refractivity contribution in [2.24, 2.45) is 11.7 Å². The molecule has 1 heterocycles. The molecule has 2 unspecified atom stereocenters. The fourth-order valence-electron chi connectivity index (χ4n) is 2.99. The Morgan fingerprint density at radius 3 is 2.42 bits per heavy atom. The van der Waals surface area contributed by atoms with Crippen LogP contribution in [-0.4, -0.2) is 53.7 Å². The van der Waals surface area contributed by atoms with Crippen LogP contribution in [0.5, 0.6) is 0 Å². The van der Waals surface area contributed by atoms with Crippen molar-refractivity contribution in [3.8, 4) is 0 Å². The fourth-order valence-corrected chi connectivity index (χ4v) is 2.99. The van der Waals surface area contributed by atoms with E-state index in [9.17, 15) is 14.4 Å². The maximum atomic E-state index is 12.4. The van der Waals surface area contributed by atoms with Crippen LogP contribution in [0.1, 0.15) is 60.3 Å². The second-order valence-electron chi connectivity index (χ2n) is 8.26. The number of urea groups is 1. The molecule has 8 heteroatoms. The first-order valence-corrected chi connectivity index (χ1v) is 9.33. The number of nitrogens with one attached hydrogen (secondary N) is 2. The van der Waals surface area contributed by atoms with Crippen molar-refractivity contribution in [2.75, 3.05) is 13.1 Å². The summed E-state index contributed by atoms with van der Waals surface area (Å²) >= 11 is 0. The standard InChI is InChI=1S/C18H34N4O4/c1-12(2)10-14(21-16(19)24)15(23)20-11-13-8-6-7-9-22(13)17(25)26-18(3,4)5/h12-14H,6-11H2,1-5H3,(H,20,23)(H3,19,21,24). The maximum Gasteiger partial charge on any atom is 0.410 e. The molecule has 0 saturated carbocycles. The van der Waals surface area contributed by atoms with Gasteiger partial charge in [0.2, 0.25) is 5.91 Å². The van der Waals surface area contributed by atoms with E-state index in [1.165, 1.54) is 0 Å². The molecule has 1 aliphatic heterocycles. The molecule has 0 aromatic heterocycles. The summed E-state index contributed by atoms with van der Waals surface area (Å²) in [5.41, 5.74) is 4.61. The molecule has 0 spiro atoms. The predicted octanol–water partition coefficient (Wildman–Crippen LogP) is 1.98. The molecule has 0 bridgehead atoms. The van der Waals surface area contributed by atoms with E-state index in [0.29, 0.717) is 19.5 Å². The predicted molar refractivity (Wildman–Crippen MR) is 99.6 cm³/mol. The van der Waals surface area contributed by atoms with Gasteiger partial charge in [-0.2, -0.15) is 0 Å². The first-order valence-electron chi connectivity index (χ1n) is 9.33. The monoisotopic (exact) mass is 370 g/mol. The molecule has 1 aliphatic rings. The second kappa shape index (κ2) is 9.64. The van der Waals surface area contributed by atoms with Gasteiger partial charge in [0, 0.05) is 13.1 Å². The second-order valence-corrected chi connectivity index (χ2v) is 8.26. The van der Waals surface area contributed by atoms with Crippen LogP contribution in [0.2, 0.25) is 0 Å². The molecule has 0 aliphatic carbocycles. The summed E-state index contributed by atoms with van der Waals surface area (Å²) in [7, 11) is 0. The van der Waals surface area contributed by atoms with Gasteiger partial charge in [0.1, 0.15) is 11.6 Å². The van der Waals surface area contributed by atoms with Crippen LogP contribution in [0.15, 0.2) is 0 Å². The van der Waals surface area contributed by atoms with Crippen LogP contribution in [0, 0.1) is 5.92 Å². The van der Waals surface area contributed by atoms with Crippen LogP contribution < -0.4 is 16.4 Å². The maximum absolute atomic E-state index is 12.4. The SMILES string of the molecule is CC(C)CC(NC(N)=O)C(=O)NCC1CCCCN1C(=O)OC(C)(C)C. The molecule has 1 fully saturated rings. The molecule has 150 valence electrons. The Bertz CT molecular complexity index is 502. The van der Waals surface area contributed by atoms with Gasteiger partial charge in [-0.15, -0.1) is 0 Å². The first kappa shape index (κ1) is 22.1. The third-order valence-corrected chi connectivity index (χ3v) is 4.11. The van der Waals surface area contributed by atoms with Crippen LogP contribution in [-0.2, 0) is 9.53 Å². The number of nitrogens with two attached hydrogens (primary N) is 1. The Labute approximate surface area is 156 Å². The van der Waals surface area contributed by atoms with Gasteiger partial charge in [0.15, 0.2) is 0 Å². The van der Waals surface area contributed by atoms with Gasteiger partial charge in [-0.25, -0.2) is 9.59 Å². The average Bonchev–Trinajstić information content (AvgIpc) is 2.49. The summed E-state index contributed by atoms with van der Waals surface area (Å²) < 4.78 is 5.47. The summed E-state index contributed by atoms with van der Waals surface area (Å²) in [5.74, 6) is -0.0576. The average molecular weight is 370 g/mol. The van der Waals surface area contributed by atoms with E-state index in [1.54, 1.807) is 4.90 Å². The third kappa shape index (κ3) is 7.93. The molecule has 0 radical (unpaired) electrons. The minimum Gasteiger partial charge on any atom is -0.444 e. The smallest absolute Gasteiger partial charge is 0.410 e. The van der Waals surface area contributed by atoms with Crippen molar-refractivity contribution in [1.29, 1.82) is 0 Å². The molecule has 2 atom stereocenters. The summed E-state index contributed by atoms with van der Waals surface area (Å²) in [6.45, 7) is 10.4. The van der Waals surface area contributed by atoms with E-state index in [2.05, 4.69) is 10.6 Å². The summed E-state index contributed by atoms with van der Waals surface area (Å²) in [6, 6.07) is -1.51. The quantitative estimate of drug-likeness (QED) is 0.663. The number of primary amides is 1. The normalized spacial score (nSPS) is 19.0. The van der Waals surface area contributed by atoms with Gasteiger partial charge in [-0.3, -0.25) is 4.79 Å². The van der Waals surface area contributed by atoms with E-state index < -0.39 is 17.7 Å². The third-order valence-electron chi connectivity index (χ3n) is 4.11. The number of carbonyl (C=O) groups excluding carboxylic acids is 3. The molecule has 4 amide bonds. The van der Waals surface area contributed by atoms with Crippen LogP contribution in [0.4, 0.5) is 9.59 Å². The molecule has 0 aromatic rings. The van der Waals surface area contributed by atoms with Gasteiger partial charge >= 0.3 is 12.1 Å². The lowest BCUT2D eigenvalue weighted by atomic mass is 10.0. The van der Waals surface area contributed by atoms with E-state index in [-0.39, 0.29) is 24.0 Å². The van der Waals surface area contributed by atoms with E-state index >= 15 is 0 Å². The van der Waals surface area contributed by atoms with Crippen molar-refractivity contribution >= 4 is 18.0 Å². The number of hydrogen-bond acceptors (Lipinski definition) is 4. The van der Waals surface area contributed by atoms with Crippen LogP contribution in [0.25, 0.3) is 0 Å². The highest BCUT2D eigenvalue weighted by atomic mass is 16.6. The van der Waals surface area contributed by atoms with E-state index in [1.807, 2.05) is 34.6 Å². The zero-order valence-electron chi connectivity index (χ0n) is 16.6. The largest absolute Gasteiger partial charge is 0.444 e. The minimum atomic E-state index is -0.723. The summed E-state index contributed by atoms with van der Waals surface area (Å²) in [6.07, 6.45) is 2.86. The number of likely N-dealkylation sites (tertiary alicyclic amines) is 1. The number of rotatable bonds is 6. The van der Waals surface area contributed by atoms with Crippen molar-refractivity contribution < 1.29 is 19.1 Å². The Kier molecular flexibility index (Phi) is 8.17. The molecular weight excluding hydrogens is 336 g/mol. The van der Waals surface area contributed by atoms with Gasteiger partial charge in [-0.05, 0) is 52.4 Å². The van der Waals surface area contributed by atoms with E-state index in [0.717, 1.165) is 19.3 Å². The van der Waals surface area contributed by atoms with Gasteiger partial charge in [-0.1, -0.05) is 13.8 Å². The topological polar surface area (TPSA) is 114 Å². The summed E-state index contributed by atoms with van der Waals surface area (Å²) in [5, 5.41) is 5.34. The lowest BCUT2D eigenvalue weighted by Gasteiger charge is -2.37. The molecule has 0 aromatic carbocycles. The zero-order chi connectivity index (χ0) is 19.9. The van der Waals surface area contributed by atoms with Crippen LogP contribution in [0.3, 0.4) is 0 Å². The highest BCUT2D eigenvalue weighted by Gasteiger charge is 2.31. The Hall–Kier alpha value is -1.99. The lowest BCUT2D eigenvalue weighted by molar-refractivity contribution is -0.123. The van der Waals surface area contributed by atoms with Crippen LogP contribution >= 0.6 is 0 Å². The zero-order valence-corrected chi connectivity index (χ0v) is 16.6. The summed E-state index contributed by atoms with van der Waals surface area (Å²) in [4.78, 5) is 37.7. The van der Waals surface area contributed by atoms with Crippen molar-refractivity contribution in [3.05, 3.63) is 0 Å². The molecule has 4 N–H and O–H groups in total. The lowest BCUT2D eigenvalue weighted by Crippen LogP contribution is -2.54. The number of piperidine rings is 1. The fraction of sp³-hybridized carbons (Fsp3) is 0.833. The number of hydrogen-bond donors (Lipinski definition) is 3. The van der Waals surface area contributed by atoms with Gasteiger partial charge in [0.25, 0.3) is 0 Å². The Morgan fingerprint density at radius 2 is 1.88 bits per heavy atom. The molecular formula is C18H34N4O4. The van der Waals surface area contributed by atoms with Gasteiger partial charge in [0.05, 0.1) is 6.04 Å². The molecule has 1 saturated heterocycles. The van der Waals surface area contributed by atoms with E-state index in [4.69, 9.17) is 10.5 Å². The molecule has 1 rings (SSSR count). The Balaban J connectivity index is 2.67. The highest BCUT2D eigenvalue weighted by molar-refractivity contribution is 5.86. The highest BCUT2D eigenvalue weighted by Crippen LogP contribution is 2.20. The molecule has 8 nitrogen and oxygen atoms in total. The minimum absolute atomic E-state index is 0.115. The molecule has 26 heavy (non-hydrogen) atoms. The Morgan fingerprint density at radius 1 is 1.23 bits per heavy atom. The number of carbonyl (C=O) groups is 3. The first-order chi connectivity index (χ1) is 12.0. The van der Waals surface area contributed by atoms with Crippen molar-refractivity contribution in [3.63, 3.8) is 0 Å². The van der Waals surface area contributed by atoms with Gasteiger partial charge < -0.3 is 26.0 Å².